The van der Waals surface area contributed by atoms with Crippen LogP contribution in [0.2, 0.25) is 0 Å². The molecule has 1 heterocycles. The maximum absolute atomic E-state index is 12.4. The first kappa shape index (κ1) is 17.8. The van der Waals surface area contributed by atoms with Crippen LogP contribution in [0.25, 0.3) is 11.1 Å². The van der Waals surface area contributed by atoms with Gasteiger partial charge in [-0.25, -0.2) is 4.79 Å². The van der Waals surface area contributed by atoms with Gasteiger partial charge in [-0.2, -0.15) is 0 Å². The van der Waals surface area contributed by atoms with E-state index in [1.807, 2.05) is 31.2 Å². The lowest BCUT2D eigenvalue weighted by atomic mass is 10.2. The Morgan fingerprint density at radius 2 is 2.04 bits per heavy atom. The van der Waals surface area contributed by atoms with Gasteiger partial charge in [0.25, 0.3) is 0 Å². The van der Waals surface area contributed by atoms with Crippen molar-refractivity contribution in [2.45, 2.75) is 26.3 Å². The molecule has 0 spiro atoms. The molecule has 2 aromatic carbocycles. The van der Waals surface area contributed by atoms with Crippen LogP contribution < -0.4 is 15.8 Å². The molecule has 0 saturated carbocycles. The number of rotatable bonds is 7. The number of hydrogen-bond acceptors (Lipinski definition) is 4. The maximum Gasteiger partial charge on any atom is 0.420 e. The van der Waals surface area contributed by atoms with E-state index in [2.05, 4.69) is 5.32 Å². The minimum atomic E-state index is -0.649. The van der Waals surface area contributed by atoms with E-state index in [4.69, 9.17) is 9.15 Å². The van der Waals surface area contributed by atoms with Crippen LogP contribution in [0.5, 0.6) is 5.75 Å². The standard InChI is InChI=1S/C20H22N2O4/c1-14-7-5-8-16(13-14)25-12-6-11-21-19(23)15(2)22-17-9-3-4-10-18(17)26-20(22)24/h3-5,7-10,13,15H,6,11-12H2,1-2H3,(H,21,23)/t15-/m0/s1. The first-order valence-corrected chi connectivity index (χ1v) is 8.63. The second-order valence-electron chi connectivity index (χ2n) is 6.19. The largest absolute Gasteiger partial charge is 0.494 e. The van der Waals surface area contributed by atoms with Crippen LogP contribution in [0.4, 0.5) is 0 Å². The summed E-state index contributed by atoms with van der Waals surface area (Å²) in [4.78, 5) is 24.4. The van der Waals surface area contributed by atoms with Gasteiger partial charge in [-0.15, -0.1) is 0 Å². The summed E-state index contributed by atoms with van der Waals surface area (Å²) in [5.74, 6) is 0.0620. The number of nitrogens with zero attached hydrogens (tertiary/aromatic N) is 1. The number of para-hydroxylation sites is 2. The Morgan fingerprint density at radius 3 is 2.85 bits per heavy atom. The highest BCUT2D eigenvalue weighted by atomic mass is 16.5. The molecule has 0 aliphatic heterocycles. The average Bonchev–Trinajstić information content (AvgIpc) is 2.96. The van der Waals surface area contributed by atoms with Crippen LogP contribution in [0.3, 0.4) is 0 Å². The predicted octanol–water partition coefficient (Wildman–Crippen LogP) is 3.05. The first-order valence-electron chi connectivity index (χ1n) is 8.63. The van der Waals surface area contributed by atoms with E-state index in [0.717, 1.165) is 11.3 Å². The number of fused-ring (bicyclic) bond motifs is 1. The summed E-state index contributed by atoms with van der Waals surface area (Å²) >= 11 is 0. The quantitative estimate of drug-likeness (QED) is 0.662. The number of oxazole rings is 1. The zero-order valence-electron chi connectivity index (χ0n) is 14.9. The van der Waals surface area contributed by atoms with Crippen molar-refractivity contribution in [3.05, 3.63) is 64.6 Å². The second-order valence-corrected chi connectivity index (χ2v) is 6.19. The summed E-state index contributed by atoms with van der Waals surface area (Å²) in [5.41, 5.74) is 2.23. The van der Waals surface area contributed by atoms with Crippen LogP contribution in [0.15, 0.2) is 57.7 Å². The van der Waals surface area contributed by atoms with Gasteiger partial charge in [0.15, 0.2) is 5.58 Å². The van der Waals surface area contributed by atoms with Crippen molar-refractivity contribution in [2.24, 2.45) is 0 Å². The number of carbonyl (C=O) groups excluding carboxylic acids is 1. The van der Waals surface area contributed by atoms with Gasteiger partial charge in [0, 0.05) is 6.54 Å². The molecular formula is C20H22N2O4. The van der Waals surface area contributed by atoms with E-state index in [1.165, 1.54) is 4.57 Å². The Balaban J connectivity index is 1.51. The Bertz CT molecular complexity index is 958. The van der Waals surface area contributed by atoms with E-state index < -0.39 is 11.8 Å². The first-order chi connectivity index (χ1) is 12.6. The van der Waals surface area contributed by atoms with Gasteiger partial charge in [-0.3, -0.25) is 9.36 Å². The molecule has 0 aliphatic carbocycles. The summed E-state index contributed by atoms with van der Waals surface area (Å²) in [6.07, 6.45) is 0.674. The average molecular weight is 354 g/mol. The zero-order chi connectivity index (χ0) is 18.5. The van der Waals surface area contributed by atoms with Crippen LogP contribution in [0.1, 0.15) is 24.9 Å². The minimum Gasteiger partial charge on any atom is -0.494 e. The van der Waals surface area contributed by atoms with E-state index in [0.29, 0.717) is 30.7 Å². The summed E-state index contributed by atoms with van der Waals surface area (Å²) in [5, 5.41) is 2.84. The highest BCUT2D eigenvalue weighted by Gasteiger charge is 2.20. The van der Waals surface area contributed by atoms with Crippen molar-refractivity contribution in [2.75, 3.05) is 13.2 Å². The van der Waals surface area contributed by atoms with E-state index in [9.17, 15) is 9.59 Å². The van der Waals surface area contributed by atoms with Crippen molar-refractivity contribution in [3.63, 3.8) is 0 Å². The predicted molar refractivity (Wildman–Crippen MR) is 99.5 cm³/mol. The number of hydrogen-bond donors (Lipinski definition) is 1. The molecule has 6 heteroatoms. The van der Waals surface area contributed by atoms with Gasteiger partial charge >= 0.3 is 5.76 Å². The van der Waals surface area contributed by atoms with Crippen molar-refractivity contribution in [1.82, 2.24) is 9.88 Å². The third kappa shape index (κ3) is 3.96. The molecule has 1 amide bonds. The number of amides is 1. The van der Waals surface area contributed by atoms with E-state index in [-0.39, 0.29) is 5.91 Å². The minimum absolute atomic E-state index is 0.228. The monoisotopic (exact) mass is 354 g/mol. The van der Waals surface area contributed by atoms with Crippen LogP contribution >= 0.6 is 0 Å². The molecule has 0 bridgehead atoms. The summed E-state index contributed by atoms with van der Waals surface area (Å²) in [6.45, 7) is 4.67. The molecule has 1 aromatic heterocycles. The third-order valence-corrected chi connectivity index (χ3v) is 4.16. The summed E-state index contributed by atoms with van der Waals surface area (Å²) < 4.78 is 12.2. The fourth-order valence-electron chi connectivity index (χ4n) is 2.79. The fourth-order valence-corrected chi connectivity index (χ4v) is 2.79. The molecule has 0 fully saturated rings. The van der Waals surface area contributed by atoms with Gasteiger partial charge in [0.2, 0.25) is 5.91 Å². The highest BCUT2D eigenvalue weighted by molar-refractivity contribution is 5.82. The van der Waals surface area contributed by atoms with Crippen molar-refractivity contribution < 1.29 is 13.9 Å². The second kappa shape index (κ2) is 7.91. The third-order valence-electron chi connectivity index (χ3n) is 4.16. The highest BCUT2D eigenvalue weighted by Crippen LogP contribution is 2.16. The number of aryl methyl sites for hydroxylation is 1. The van der Waals surface area contributed by atoms with Gasteiger partial charge in [-0.1, -0.05) is 24.3 Å². The smallest absolute Gasteiger partial charge is 0.420 e. The number of ether oxygens (including phenoxy) is 1. The van der Waals surface area contributed by atoms with Crippen molar-refractivity contribution in [1.29, 1.82) is 0 Å². The molecule has 1 atom stereocenters. The molecule has 0 aliphatic rings. The Morgan fingerprint density at radius 1 is 1.23 bits per heavy atom. The van der Waals surface area contributed by atoms with E-state index >= 15 is 0 Å². The molecule has 26 heavy (non-hydrogen) atoms. The van der Waals surface area contributed by atoms with Gasteiger partial charge in [0.05, 0.1) is 12.1 Å². The van der Waals surface area contributed by atoms with Crippen LogP contribution in [0, 0.1) is 6.92 Å². The van der Waals surface area contributed by atoms with E-state index in [1.54, 1.807) is 31.2 Å². The Hall–Kier alpha value is -3.02. The molecule has 1 N–H and O–H groups in total. The van der Waals surface area contributed by atoms with Crippen molar-refractivity contribution in [3.8, 4) is 5.75 Å². The summed E-state index contributed by atoms with van der Waals surface area (Å²) in [7, 11) is 0. The summed E-state index contributed by atoms with van der Waals surface area (Å²) in [6, 6.07) is 14.2. The number of benzene rings is 2. The number of carbonyl (C=O) groups is 1. The lowest BCUT2D eigenvalue weighted by Crippen LogP contribution is -2.35. The normalized spacial score (nSPS) is 12.1. The maximum atomic E-state index is 12.4. The Kier molecular flexibility index (Phi) is 5.41. The lowest BCUT2D eigenvalue weighted by molar-refractivity contribution is -0.123. The molecule has 0 unspecified atom stereocenters. The Labute approximate surface area is 151 Å². The molecule has 6 nitrogen and oxygen atoms in total. The van der Waals surface area contributed by atoms with Crippen LogP contribution in [-0.4, -0.2) is 23.6 Å². The molecule has 3 aromatic rings. The van der Waals surface area contributed by atoms with Gasteiger partial charge in [-0.05, 0) is 50.1 Å². The topological polar surface area (TPSA) is 73.5 Å². The molecule has 0 radical (unpaired) electrons. The van der Waals surface area contributed by atoms with Gasteiger partial charge in [0.1, 0.15) is 11.8 Å². The van der Waals surface area contributed by atoms with Crippen LogP contribution in [-0.2, 0) is 4.79 Å². The van der Waals surface area contributed by atoms with Crippen molar-refractivity contribution >= 4 is 17.0 Å². The molecular weight excluding hydrogens is 332 g/mol. The zero-order valence-corrected chi connectivity index (χ0v) is 14.9. The SMILES string of the molecule is Cc1cccc(OCCCNC(=O)[C@H](C)n2c(=O)oc3ccccc32)c1. The molecule has 3 rings (SSSR count). The van der Waals surface area contributed by atoms with Gasteiger partial charge < -0.3 is 14.5 Å². The lowest BCUT2D eigenvalue weighted by Gasteiger charge is -2.13. The molecule has 136 valence electrons. The number of aromatic nitrogens is 1. The molecule has 0 saturated heterocycles. The fraction of sp³-hybridized carbons (Fsp3) is 0.300. The number of nitrogens with one attached hydrogen (secondary N) is 1.